The van der Waals surface area contributed by atoms with E-state index in [9.17, 15) is 0 Å². The highest BCUT2D eigenvalue weighted by molar-refractivity contribution is 5.83. The Morgan fingerprint density at radius 1 is 1.03 bits per heavy atom. The molecule has 168 valence electrons. The zero-order valence-electron chi connectivity index (χ0n) is 19.1. The molecular formula is C27H35N5. The molecule has 5 rings (SSSR count). The Morgan fingerprint density at radius 2 is 1.78 bits per heavy atom. The van der Waals surface area contributed by atoms with Gasteiger partial charge in [-0.3, -0.25) is 9.89 Å². The number of aromatic amines is 1. The van der Waals surface area contributed by atoms with E-state index in [1.54, 1.807) is 0 Å². The van der Waals surface area contributed by atoms with Crippen LogP contribution in [0.25, 0.3) is 10.9 Å². The van der Waals surface area contributed by atoms with Crippen LogP contribution in [0.1, 0.15) is 43.2 Å². The molecule has 2 unspecified atom stereocenters. The maximum Gasteiger partial charge on any atom is 0.191 e. The van der Waals surface area contributed by atoms with Gasteiger partial charge in [-0.1, -0.05) is 48.5 Å². The Hall–Kier alpha value is -2.79. The number of rotatable bonds is 7. The number of piperidine rings is 1. The number of H-pyrrole nitrogens is 1. The van der Waals surface area contributed by atoms with Crippen LogP contribution in [-0.2, 0) is 13.0 Å². The van der Waals surface area contributed by atoms with Crippen molar-refractivity contribution in [3.63, 3.8) is 0 Å². The lowest BCUT2D eigenvalue weighted by Gasteiger charge is -2.39. The molecule has 3 N–H and O–H groups in total. The number of benzene rings is 2. The summed E-state index contributed by atoms with van der Waals surface area (Å²) in [6.45, 7) is 2.02. The first-order valence-corrected chi connectivity index (χ1v) is 12.1. The number of hydrogen-bond acceptors (Lipinski definition) is 2. The zero-order chi connectivity index (χ0) is 21.8. The third kappa shape index (κ3) is 4.68. The topological polar surface area (TPSA) is 55.5 Å². The average Bonchev–Trinajstić information content (AvgIpc) is 3.33. The van der Waals surface area contributed by atoms with E-state index in [0.717, 1.165) is 31.9 Å². The predicted molar refractivity (Wildman–Crippen MR) is 133 cm³/mol. The molecule has 5 heteroatoms. The van der Waals surface area contributed by atoms with Gasteiger partial charge in [0.15, 0.2) is 5.96 Å². The van der Waals surface area contributed by atoms with E-state index < -0.39 is 0 Å². The van der Waals surface area contributed by atoms with E-state index >= 15 is 0 Å². The van der Waals surface area contributed by atoms with Crippen molar-refractivity contribution in [1.29, 1.82) is 0 Å². The van der Waals surface area contributed by atoms with E-state index in [-0.39, 0.29) is 0 Å². The summed E-state index contributed by atoms with van der Waals surface area (Å²) in [7, 11) is 1.88. The summed E-state index contributed by atoms with van der Waals surface area (Å²) in [6, 6.07) is 21.3. The van der Waals surface area contributed by atoms with Crippen LogP contribution in [0.3, 0.4) is 0 Å². The SMILES string of the molecule is CN=C(NCCCc1c[nH]c2ccccc12)NC1CC2CCC(C1)N2Cc1ccccc1. The molecule has 3 aromatic rings. The number of para-hydroxylation sites is 1. The summed E-state index contributed by atoms with van der Waals surface area (Å²) in [5.74, 6) is 0.949. The Morgan fingerprint density at radius 3 is 2.56 bits per heavy atom. The van der Waals surface area contributed by atoms with Gasteiger partial charge in [-0.25, -0.2) is 0 Å². The molecular weight excluding hydrogens is 394 g/mol. The van der Waals surface area contributed by atoms with Crippen LogP contribution < -0.4 is 10.6 Å². The summed E-state index contributed by atoms with van der Waals surface area (Å²) in [5, 5.41) is 8.60. The number of aliphatic imine (C=N–C) groups is 1. The predicted octanol–water partition coefficient (Wildman–Crippen LogP) is 4.46. The van der Waals surface area contributed by atoms with Gasteiger partial charge in [0.2, 0.25) is 0 Å². The quantitative estimate of drug-likeness (QED) is 0.295. The molecule has 3 heterocycles. The molecule has 2 aromatic carbocycles. The van der Waals surface area contributed by atoms with Crippen LogP contribution in [0.5, 0.6) is 0 Å². The van der Waals surface area contributed by atoms with Gasteiger partial charge in [0.25, 0.3) is 0 Å². The van der Waals surface area contributed by atoms with Crippen LogP contribution in [-0.4, -0.2) is 47.6 Å². The van der Waals surface area contributed by atoms with Crippen LogP contribution in [0.15, 0.2) is 65.8 Å². The lowest BCUT2D eigenvalue weighted by atomic mass is 9.96. The van der Waals surface area contributed by atoms with Crippen molar-refractivity contribution in [2.45, 2.75) is 63.2 Å². The number of hydrogen-bond donors (Lipinski definition) is 3. The lowest BCUT2D eigenvalue weighted by Crippen LogP contribution is -2.52. The Labute approximate surface area is 191 Å². The largest absolute Gasteiger partial charge is 0.361 e. The molecule has 2 aliphatic heterocycles. The monoisotopic (exact) mass is 429 g/mol. The lowest BCUT2D eigenvalue weighted by molar-refractivity contribution is 0.114. The van der Waals surface area contributed by atoms with Crippen molar-refractivity contribution >= 4 is 16.9 Å². The molecule has 1 aromatic heterocycles. The van der Waals surface area contributed by atoms with Crippen molar-refractivity contribution in [3.8, 4) is 0 Å². The Balaban J connectivity index is 1.09. The van der Waals surface area contributed by atoms with Gasteiger partial charge in [-0.2, -0.15) is 0 Å². The van der Waals surface area contributed by atoms with Crippen molar-refractivity contribution in [2.75, 3.05) is 13.6 Å². The van der Waals surface area contributed by atoms with E-state index in [2.05, 4.69) is 86.3 Å². The molecule has 0 saturated carbocycles. The number of nitrogens with zero attached hydrogens (tertiary/aromatic N) is 2. The number of aromatic nitrogens is 1. The summed E-state index contributed by atoms with van der Waals surface area (Å²) >= 11 is 0. The van der Waals surface area contributed by atoms with E-state index in [0.29, 0.717) is 18.1 Å². The van der Waals surface area contributed by atoms with Crippen LogP contribution >= 0.6 is 0 Å². The summed E-state index contributed by atoms with van der Waals surface area (Å²) in [5.41, 5.74) is 4.05. The fourth-order valence-electron chi connectivity index (χ4n) is 5.66. The second-order valence-corrected chi connectivity index (χ2v) is 9.32. The smallest absolute Gasteiger partial charge is 0.191 e. The second kappa shape index (κ2) is 9.78. The van der Waals surface area contributed by atoms with Crippen LogP contribution in [0.4, 0.5) is 0 Å². The molecule has 5 nitrogen and oxygen atoms in total. The van der Waals surface area contributed by atoms with Gasteiger partial charge in [-0.15, -0.1) is 0 Å². The molecule has 2 fully saturated rings. The van der Waals surface area contributed by atoms with Crippen molar-refractivity contribution in [3.05, 3.63) is 71.9 Å². The number of nitrogens with one attached hydrogen (secondary N) is 3. The molecule has 0 amide bonds. The zero-order valence-corrected chi connectivity index (χ0v) is 19.1. The first kappa shape index (κ1) is 21.1. The summed E-state index contributed by atoms with van der Waals surface area (Å²) in [4.78, 5) is 10.6. The molecule has 0 spiro atoms. The second-order valence-electron chi connectivity index (χ2n) is 9.32. The van der Waals surface area contributed by atoms with Crippen molar-refractivity contribution in [1.82, 2.24) is 20.5 Å². The molecule has 2 atom stereocenters. The normalized spacial score (nSPS) is 23.5. The summed E-state index contributed by atoms with van der Waals surface area (Å²) in [6.07, 6.45) is 9.37. The standard InChI is InChI=1S/C27H35N5/c1-28-27(29-15-7-10-21-18-30-26-12-6-5-11-25(21)26)31-22-16-23-13-14-24(17-22)32(23)19-20-8-3-2-4-9-20/h2-6,8-9,11-12,18,22-24,30H,7,10,13-17,19H2,1H3,(H2,28,29,31). The Bertz CT molecular complexity index is 1030. The van der Waals surface area contributed by atoms with Crippen molar-refractivity contribution < 1.29 is 0 Å². The van der Waals surface area contributed by atoms with E-state index in [1.165, 1.54) is 47.7 Å². The molecule has 32 heavy (non-hydrogen) atoms. The third-order valence-corrected chi connectivity index (χ3v) is 7.25. The van der Waals surface area contributed by atoms with Crippen molar-refractivity contribution in [2.24, 2.45) is 4.99 Å². The van der Waals surface area contributed by atoms with Gasteiger partial charge in [0, 0.05) is 55.4 Å². The fourth-order valence-corrected chi connectivity index (χ4v) is 5.66. The number of aryl methyl sites for hydroxylation is 1. The molecule has 2 aliphatic rings. The minimum absolute atomic E-state index is 0.513. The molecule has 0 radical (unpaired) electrons. The first-order chi connectivity index (χ1) is 15.8. The minimum atomic E-state index is 0.513. The summed E-state index contributed by atoms with van der Waals surface area (Å²) < 4.78 is 0. The maximum atomic E-state index is 4.50. The van der Waals surface area contributed by atoms with Gasteiger partial charge in [-0.05, 0) is 55.7 Å². The van der Waals surface area contributed by atoms with Crippen LogP contribution in [0, 0.1) is 0 Å². The fraction of sp³-hybridized carbons (Fsp3) is 0.444. The van der Waals surface area contributed by atoms with Gasteiger partial charge < -0.3 is 15.6 Å². The van der Waals surface area contributed by atoms with Gasteiger partial charge in [0.05, 0.1) is 0 Å². The highest BCUT2D eigenvalue weighted by atomic mass is 15.2. The molecule has 2 saturated heterocycles. The average molecular weight is 430 g/mol. The highest BCUT2D eigenvalue weighted by Gasteiger charge is 2.40. The first-order valence-electron chi connectivity index (χ1n) is 12.1. The molecule has 0 aliphatic carbocycles. The van der Waals surface area contributed by atoms with Crippen LogP contribution in [0.2, 0.25) is 0 Å². The van der Waals surface area contributed by atoms with Gasteiger partial charge in [0.1, 0.15) is 0 Å². The highest BCUT2D eigenvalue weighted by Crippen LogP contribution is 2.36. The van der Waals surface area contributed by atoms with E-state index in [4.69, 9.17) is 0 Å². The molecule has 2 bridgehead atoms. The minimum Gasteiger partial charge on any atom is -0.361 e. The Kier molecular flexibility index (Phi) is 6.44. The third-order valence-electron chi connectivity index (χ3n) is 7.25. The number of fused-ring (bicyclic) bond motifs is 3. The number of guanidine groups is 1. The van der Waals surface area contributed by atoms with E-state index in [1.807, 2.05) is 7.05 Å². The maximum absolute atomic E-state index is 4.50. The van der Waals surface area contributed by atoms with Gasteiger partial charge >= 0.3 is 0 Å².